The Morgan fingerprint density at radius 1 is 1.46 bits per heavy atom. The molecule has 2 rings (SSSR count). The quantitative estimate of drug-likeness (QED) is 0.734. The van der Waals surface area contributed by atoms with Crippen molar-refractivity contribution in [2.45, 2.75) is 44.3 Å². The zero-order chi connectivity index (χ0) is 9.69. The highest BCUT2D eigenvalue weighted by atomic mass is 32.2. The zero-order valence-electron chi connectivity index (χ0n) is 7.99. The van der Waals surface area contributed by atoms with Crippen LogP contribution in [0, 0.1) is 11.3 Å². The number of hydrogen-bond acceptors (Lipinski definition) is 2. The summed E-state index contributed by atoms with van der Waals surface area (Å²) in [5, 5.41) is 4.87. The minimum Gasteiger partial charge on any atom is -0.228 e. The van der Waals surface area contributed by atoms with E-state index >= 15 is 0 Å². The van der Waals surface area contributed by atoms with Crippen molar-refractivity contribution in [1.29, 1.82) is 0 Å². The second-order valence-electron chi connectivity index (χ2n) is 4.61. The highest BCUT2D eigenvalue weighted by Gasteiger charge is 2.60. The van der Waals surface area contributed by atoms with E-state index in [0.29, 0.717) is 5.92 Å². The van der Waals surface area contributed by atoms with Gasteiger partial charge in [-0.25, -0.2) is 13.6 Å². The van der Waals surface area contributed by atoms with Gasteiger partial charge in [-0.3, -0.25) is 0 Å². The summed E-state index contributed by atoms with van der Waals surface area (Å²) in [5.74, 6) is 0.648. The van der Waals surface area contributed by atoms with Crippen LogP contribution < -0.4 is 5.14 Å². The Morgan fingerprint density at radius 3 is 2.69 bits per heavy atom. The molecule has 13 heavy (non-hydrogen) atoms. The van der Waals surface area contributed by atoms with Crippen LogP contribution in [-0.2, 0) is 10.0 Å². The van der Waals surface area contributed by atoms with Gasteiger partial charge in [0.1, 0.15) is 0 Å². The first-order valence-electron chi connectivity index (χ1n) is 4.98. The molecule has 0 saturated heterocycles. The van der Waals surface area contributed by atoms with Gasteiger partial charge in [0.15, 0.2) is 0 Å². The van der Waals surface area contributed by atoms with E-state index in [1.165, 1.54) is 19.3 Å². The molecular weight excluding hydrogens is 186 g/mol. The van der Waals surface area contributed by atoms with Crippen molar-refractivity contribution in [1.82, 2.24) is 0 Å². The molecule has 0 spiro atoms. The van der Waals surface area contributed by atoms with Crippen molar-refractivity contribution in [3.8, 4) is 0 Å². The lowest BCUT2D eigenvalue weighted by molar-refractivity contribution is 0.327. The van der Waals surface area contributed by atoms with E-state index in [1.807, 2.05) is 0 Å². The largest absolute Gasteiger partial charge is 0.228 e. The van der Waals surface area contributed by atoms with Crippen LogP contribution in [0.25, 0.3) is 0 Å². The van der Waals surface area contributed by atoms with Gasteiger partial charge < -0.3 is 0 Å². The van der Waals surface area contributed by atoms with Gasteiger partial charge in [0.2, 0.25) is 10.0 Å². The Labute approximate surface area is 79.7 Å². The average molecular weight is 203 g/mol. The third-order valence-corrected chi connectivity index (χ3v) is 5.48. The van der Waals surface area contributed by atoms with E-state index < -0.39 is 10.0 Å². The van der Waals surface area contributed by atoms with Gasteiger partial charge in [-0.1, -0.05) is 12.8 Å². The lowest BCUT2D eigenvalue weighted by atomic mass is 9.86. The summed E-state index contributed by atoms with van der Waals surface area (Å²) in [4.78, 5) is 0. The molecule has 2 aliphatic rings. The lowest BCUT2D eigenvalue weighted by Crippen LogP contribution is -2.36. The minimum atomic E-state index is -3.32. The molecule has 0 radical (unpaired) electrons. The number of fused-ring (bicyclic) bond motifs is 1. The summed E-state index contributed by atoms with van der Waals surface area (Å²) in [5.41, 5.74) is 0.0752. The van der Waals surface area contributed by atoms with Crippen LogP contribution in [0.5, 0.6) is 0 Å². The number of rotatable bonds is 2. The fourth-order valence-electron chi connectivity index (χ4n) is 2.97. The maximum Gasteiger partial charge on any atom is 0.212 e. The third-order valence-electron chi connectivity index (χ3n) is 4.03. The summed E-state index contributed by atoms with van der Waals surface area (Å²) >= 11 is 0. The Hall–Kier alpha value is -0.0900. The Morgan fingerprint density at radius 2 is 2.15 bits per heavy atom. The minimum absolute atomic E-state index is 0.0752. The van der Waals surface area contributed by atoms with Crippen LogP contribution in [0.4, 0.5) is 0 Å². The van der Waals surface area contributed by atoms with Crippen molar-refractivity contribution in [3.05, 3.63) is 0 Å². The molecule has 3 unspecified atom stereocenters. The van der Waals surface area contributed by atoms with Gasteiger partial charge in [-0.15, -0.1) is 0 Å². The van der Waals surface area contributed by atoms with Crippen LogP contribution in [0.1, 0.15) is 39.0 Å². The molecule has 4 heteroatoms. The average Bonchev–Trinajstić information content (AvgIpc) is 2.76. The van der Waals surface area contributed by atoms with Crippen molar-refractivity contribution < 1.29 is 8.42 Å². The standard InChI is InChI=1S/C9H17NO2S/c1-7(13(10,11)12)9-5-3-2-4-8(9)6-9/h7-8H,2-6H2,1H3,(H2,10,11,12). The van der Waals surface area contributed by atoms with Crippen LogP contribution in [0.3, 0.4) is 0 Å². The van der Waals surface area contributed by atoms with E-state index in [4.69, 9.17) is 5.14 Å². The van der Waals surface area contributed by atoms with E-state index in [2.05, 4.69) is 0 Å². The Bertz CT molecular complexity index is 312. The number of primary sulfonamides is 1. The molecule has 0 aromatic heterocycles. The SMILES string of the molecule is CC(C12CCCCC1C2)S(N)(=O)=O. The Kier molecular flexibility index (Phi) is 1.97. The molecule has 2 aliphatic carbocycles. The topological polar surface area (TPSA) is 60.2 Å². The van der Waals surface area contributed by atoms with Gasteiger partial charge in [0.25, 0.3) is 0 Å². The predicted octanol–water partition coefficient (Wildman–Crippen LogP) is 1.24. The first-order valence-corrected chi connectivity index (χ1v) is 6.59. The number of hydrogen-bond donors (Lipinski definition) is 1. The first kappa shape index (κ1) is 9.46. The van der Waals surface area contributed by atoms with Crippen LogP contribution in [0.2, 0.25) is 0 Å². The molecule has 0 aromatic rings. The van der Waals surface area contributed by atoms with Crippen LogP contribution in [0.15, 0.2) is 0 Å². The number of sulfonamides is 1. The Balaban J connectivity index is 2.18. The van der Waals surface area contributed by atoms with Crippen molar-refractivity contribution in [2.75, 3.05) is 0 Å². The molecule has 2 N–H and O–H groups in total. The van der Waals surface area contributed by atoms with Gasteiger partial charge >= 0.3 is 0 Å². The van der Waals surface area contributed by atoms with Crippen LogP contribution in [-0.4, -0.2) is 13.7 Å². The summed E-state index contributed by atoms with van der Waals surface area (Å²) in [6.07, 6.45) is 5.81. The summed E-state index contributed by atoms with van der Waals surface area (Å²) < 4.78 is 22.5. The monoisotopic (exact) mass is 203 g/mol. The molecular formula is C9H17NO2S. The van der Waals surface area contributed by atoms with Gasteiger partial charge in [0, 0.05) is 0 Å². The molecule has 0 bridgehead atoms. The number of nitrogens with two attached hydrogens (primary N) is 1. The smallest absolute Gasteiger partial charge is 0.212 e. The summed E-state index contributed by atoms with van der Waals surface area (Å²) in [7, 11) is -3.32. The van der Waals surface area contributed by atoms with Crippen molar-refractivity contribution in [3.63, 3.8) is 0 Å². The lowest BCUT2D eigenvalue weighted by Gasteiger charge is -2.26. The molecule has 0 aliphatic heterocycles. The maximum absolute atomic E-state index is 11.2. The van der Waals surface area contributed by atoms with Gasteiger partial charge in [-0.2, -0.15) is 0 Å². The first-order chi connectivity index (χ1) is 5.97. The molecule has 2 fully saturated rings. The molecule has 0 heterocycles. The molecule has 0 aromatic carbocycles. The second-order valence-corrected chi connectivity index (χ2v) is 6.50. The summed E-state index contributed by atoms with van der Waals surface area (Å²) in [6, 6.07) is 0. The maximum atomic E-state index is 11.2. The third kappa shape index (κ3) is 1.40. The molecule has 3 nitrogen and oxygen atoms in total. The predicted molar refractivity (Wildman–Crippen MR) is 51.6 cm³/mol. The van der Waals surface area contributed by atoms with E-state index in [0.717, 1.165) is 12.8 Å². The highest BCUT2D eigenvalue weighted by molar-refractivity contribution is 7.89. The van der Waals surface area contributed by atoms with Gasteiger partial charge in [0.05, 0.1) is 5.25 Å². The van der Waals surface area contributed by atoms with Crippen molar-refractivity contribution in [2.24, 2.45) is 16.5 Å². The molecule has 2 saturated carbocycles. The summed E-state index contributed by atoms with van der Waals surface area (Å²) in [6.45, 7) is 1.78. The van der Waals surface area contributed by atoms with E-state index in [9.17, 15) is 8.42 Å². The fraction of sp³-hybridized carbons (Fsp3) is 1.00. The molecule has 0 amide bonds. The van der Waals surface area contributed by atoms with Crippen molar-refractivity contribution >= 4 is 10.0 Å². The normalized spacial score (nSPS) is 40.9. The second kappa shape index (κ2) is 2.70. The van der Waals surface area contributed by atoms with E-state index in [-0.39, 0.29) is 10.7 Å². The fourth-order valence-corrected chi connectivity index (χ4v) is 4.03. The van der Waals surface area contributed by atoms with Gasteiger partial charge in [-0.05, 0) is 37.5 Å². The molecule has 76 valence electrons. The molecule has 3 atom stereocenters. The highest BCUT2D eigenvalue weighted by Crippen LogP contribution is 2.64. The zero-order valence-corrected chi connectivity index (χ0v) is 8.81. The van der Waals surface area contributed by atoms with Crippen LogP contribution >= 0.6 is 0 Å². The van der Waals surface area contributed by atoms with E-state index in [1.54, 1.807) is 6.92 Å².